The number of aryl methyl sites for hydroxylation is 1. The molecule has 0 aliphatic rings. The van der Waals surface area contributed by atoms with E-state index in [1.54, 1.807) is 37.7 Å². The molecule has 0 unspecified atom stereocenters. The summed E-state index contributed by atoms with van der Waals surface area (Å²) in [6.45, 7) is 3.77. The van der Waals surface area contributed by atoms with Crippen molar-refractivity contribution in [2.45, 2.75) is 13.8 Å². The fourth-order valence-electron chi connectivity index (χ4n) is 1.59. The van der Waals surface area contributed by atoms with Crippen molar-refractivity contribution in [3.63, 3.8) is 0 Å². The van der Waals surface area contributed by atoms with Crippen LogP contribution >= 0.6 is 31.9 Å². The minimum atomic E-state index is 0.680. The SMILES string of the molecule is C/C=C/C=O.Cc1ccc2ncc(Br)cc2n1.Nc1cncc(Br)c1. The van der Waals surface area contributed by atoms with Crippen LogP contribution in [0.4, 0.5) is 5.69 Å². The highest BCUT2D eigenvalue weighted by Gasteiger charge is 1.96. The molecule has 3 heterocycles. The van der Waals surface area contributed by atoms with Gasteiger partial charge in [0.25, 0.3) is 0 Å². The number of fused-ring (bicyclic) bond motifs is 1. The topological polar surface area (TPSA) is 81.8 Å². The van der Waals surface area contributed by atoms with Gasteiger partial charge in [0.2, 0.25) is 0 Å². The first-order chi connectivity index (χ1) is 12.0. The van der Waals surface area contributed by atoms with Gasteiger partial charge in [-0.3, -0.25) is 19.7 Å². The molecule has 3 aromatic heterocycles. The Morgan fingerprint density at radius 1 is 1.04 bits per heavy atom. The zero-order chi connectivity index (χ0) is 18.7. The highest BCUT2D eigenvalue weighted by Crippen LogP contribution is 2.15. The zero-order valence-corrected chi connectivity index (χ0v) is 17.0. The molecule has 0 saturated heterocycles. The second-order valence-electron chi connectivity index (χ2n) is 4.74. The molecule has 0 aliphatic carbocycles. The Bertz CT molecular complexity index is 799. The summed E-state index contributed by atoms with van der Waals surface area (Å²) in [5, 5.41) is 0. The number of anilines is 1. The molecule has 25 heavy (non-hydrogen) atoms. The minimum absolute atomic E-state index is 0.680. The van der Waals surface area contributed by atoms with Gasteiger partial charge < -0.3 is 5.73 Å². The van der Waals surface area contributed by atoms with Crippen molar-refractivity contribution in [1.82, 2.24) is 15.0 Å². The Balaban J connectivity index is 0.000000209. The van der Waals surface area contributed by atoms with E-state index in [0.717, 1.165) is 32.0 Å². The van der Waals surface area contributed by atoms with E-state index in [1.807, 2.05) is 25.1 Å². The van der Waals surface area contributed by atoms with Crippen molar-refractivity contribution >= 4 is 54.9 Å². The number of carbonyl (C=O) groups is 1. The summed E-state index contributed by atoms with van der Waals surface area (Å²) in [5.41, 5.74) is 8.93. The highest BCUT2D eigenvalue weighted by atomic mass is 79.9. The summed E-state index contributed by atoms with van der Waals surface area (Å²) in [4.78, 5) is 21.7. The van der Waals surface area contributed by atoms with Crippen molar-refractivity contribution in [1.29, 1.82) is 0 Å². The van der Waals surface area contributed by atoms with E-state index in [0.29, 0.717) is 5.69 Å². The number of nitrogens with two attached hydrogens (primary N) is 1. The summed E-state index contributed by atoms with van der Waals surface area (Å²) < 4.78 is 1.88. The maximum absolute atomic E-state index is 9.32. The number of aldehydes is 1. The molecule has 3 aromatic rings. The van der Waals surface area contributed by atoms with Crippen molar-refractivity contribution < 1.29 is 4.79 Å². The fraction of sp³-hybridized carbons (Fsp3) is 0.111. The highest BCUT2D eigenvalue weighted by molar-refractivity contribution is 9.10. The van der Waals surface area contributed by atoms with Crippen molar-refractivity contribution in [3.8, 4) is 0 Å². The lowest BCUT2D eigenvalue weighted by Gasteiger charge is -1.97. The number of hydrogen-bond donors (Lipinski definition) is 1. The van der Waals surface area contributed by atoms with Crippen LogP contribution in [0.25, 0.3) is 11.0 Å². The molecule has 0 bridgehead atoms. The van der Waals surface area contributed by atoms with Crippen LogP contribution in [-0.2, 0) is 4.79 Å². The summed E-state index contributed by atoms with van der Waals surface area (Å²) in [6.07, 6.45) is 8.95. The fourth-order valence-corrected chi connectivity index (χ4v) is 2.29. The van der Waals surface area contributed by atoms with Gasteiger partial charge >= 0.3 is 0 Å². The normalized spacial score (nSPS) is 9.76. The Morgan fingerprint density at radius 3 is 2.28 bits per heavy atom. The molecule has 0 aliphatic heterocycles. The average molecular weight is 466 g/mol. The Kier molecular flexibility index (Phi) is 9.57. The summed E-state index contributed by atoms with van der Waals surface area (Å²) in [6, 6.07) is 7.70. The van der Waals surface area contributed by atoms with Gasteiger partial charge in [-0.2, -0.15) is 0 Å². The van der Waals surface area contributed by atoms with Crippen LogP contribution < -0.4 is 5.73 Å². The van der Waals surface area contributed by atoms with E-state index in [2.05, 4.69) is 46.8 Å². The number of rotatable bonds is 1. The zero-order valence-electron chi connectivity index (χ0n) is 13.9. The molecule has 3 rings (SSSR count). The number of nitrogens with zero attached hydrogens (tertiary/aromatic N) is 3. The third-order valence-corrected chi connectivity index (χ3v) is 3.51. The number of hydrogen-bond acceptors (Lipinski definition) is 5. The number of pyridine rings is 3. The minimum Gasteiger partial charge on any atom is -0.397 e. The summed E-state index contributed by atoms with van der Waals surface area (Å²) >= 11 is 6.57. The molecular weight excluding hydrogens is 448 g/mol. The van der Waals surface area contributed by atoms with Crippen molar-refractivity contribution in [2.75, 3.05) is 5.73 Å². The number of aromatic nitrogens is 3. The van der Waals surface area contributed by atoms with Crippen LogP contribution in [0.2, 0.25) is 0 Å². The molecule has 0 radical (unpaired) electrons. The number of halogens is 2. The summed E-state index contributed by atoms with van der Waals surface area (Å²) in [7, 11) is 0. The molecule has 0 spiro atoms. The lowest BCUT2D eigenvalue weighted by Crippen LogP contribution is -1.85. The second-order valence-corrected chi connectivity index (χ2v) is 6.57. The molecule has 0 atom stereocenters. The van der Waals surface area contributed by atoms with Crippen LogP contribution in [0, 0.1) is 6.92 Å². The number of nitrogen functional groups attached to an aromatic ring is 1. The van der Waals surface area contributed by atoms with Gasteiger partial charge in [-0.25, -0.2) is 0 Å². The molecule has 0 amide bonds. The third kappa shape index (κ3) is 8.51. The van der Waals surface area contributed by atoms with E-state index in [9.17, 15) is 4.79 Å². The Hall–Kier alpha value is -2.12. The van der Waals surface area contributed by atoms with E-state index in [1.165, 1.54) is 6.08 Å². The predicted octanol–water partition coefficient (Wildman–Crippen LogP) is 4.89. The average Bonchev–Trinajstić information content (AvgIpc) is 2.56. The maximum atomic E-state index is 9.32. The molecule has 0 fully saturated rings. The van der Waals surface area contributed by atoms with Gasteiger partial charge in [-0.05, 0) is 76.0 Å². The molecular formula is C18H18Br2N4O. The first-order valence-corrected chi connectivity index (χ1v) is 8.86. The van der Waals surface area contributed by atoms with Gasteiger partial charge in [-0.1, -0.05) is 6.08 Å². The van der Waals surface area contributed by atoms with E-state index < -0.39 is 0 Å². The largest absolute Gasteiger partial charge is 0.397 e. The van der Waals surface area contributed by atoms with E-state index in [-0.39, 0.29) is 0 Å². The lowest BCUT2D eigenvalue weighted by atomic mass is 10.3. The lowest BCUT2D eigenvalue weighted by molar-refractivity contribution is -0.104. The standard InChI is InChI=1S/C9H7BrN2.C5H5BrN2.C4H6O/c1-6-2-3-8-9(12-6)4-7(10)5-11-8;6-4-1-5(7)3-8-2-4;1-2-3-4-5/h2-5H,1H3;1-3H,7H2;2-4H,1H3/b;;3-2+. The molecule has 0 saturated carbocycles. The second kappa shape index (κ2) is 11.4. The first kappa shape index (κ1) is 20.9. The quantitative estimate of drug-likeness (QED) is 0.408. The van der Waals surface area contributed by atoms with Gasteiger partial charge in [0.1, 0.15) is 6.29 Å². The van der Waals surface area contributed by atoms with Crippen LogP contribution in [-0.4, -0.2) is 21.2 Å². The van der Waals surface area contributed by atoms with Crippen LogP contribution in [0.5, 0.6) is 0 Å². The Morgan fingerprint density at radius 2 is 1.76 bits per heavy atom. The predicted molar refractivity (Wildman–Crippen MR) is 109 cm³/mol. The number of allylic oxidation sites excluding steroid dienone is 2. The van der Waals surface area contributed by atoms with E-state index in [4.69, 9.17) is 5.73 Å². The molecule has 130 valence electrons. The third-order valence-electron chi connectivity index (χ3n) is 2.64. The Labute approximate surface area is 163 Å². The van der Waals surface area contributed by atoms with Gasteiger partial charge in [0.15, 0.2) is 0 Å². The van der Waals surface area contributed by atoms with Gasteiger partial charge in [-0.15, -0.1) is 0 Å². The van der Waals surface area contributed by atoms with Crippen LogP contribution in [0.15, 0.2) is 64.0 Å². The van der Waals surface area contributed by atoms with Gasteiger partial charge in [0, 0.05) is 33.2 Å². The molecule has 2 N–H and O–H groups in total. The van der Waals surface area contributed by atoms with E-state index >= 15 is 0 Å². The van der Waals surface area contributed by atoms with Gasteiger partial charge in [0.05, 0.1) is 16.7 Å². The smallest absolute Gasteiger partial charge is 0.142 e. The van der Waals surface area contributed by atoms with Crippen molar-refractivity contribution in [2.24, 2.45) is 0 Å². The molecule has 0 aromatic carbocycles. The molecule has 7 heteroatoms. The number of carbonyl (C=O) groups excluding carboxylic acids is 1. The van der Waals surface area contributed by atoms with Crippen LogP contribution in [0.3, 0.4) is 0 Å². The first-order valence-electron chi connectivity index (χ1n) is 7.27. The van der Waals surface area contributed by atoms with Crippen molar-refractivity contribution in [3.05, 3.63) is 69.6 Å². The monoisotopic (exact) mass is 464 g/mol. The summed E-state index contributed by atoms with van der Waals surface area (Å²) in [5.74, 6) is 0. The maximum Gasteiger partial charge on any atom is 0.142 e. The van der Waals surface area contributed by atoms with Crippen LogP contribution in [0.1, 0.15) is 12.6 Å². The molecule has 5 nitrogen and oxygen atoms in total.